The Morgan fingerprint density at radius 2 is 2.25 bits per heavy atom. The Balaban J connectivity index is 2.03. The lowest BCUT2D eigenvalue weighted by molar-refractivity contribution is 1.08. The first kappa shape index (κ1) is 9.60. The molecule has 1 heterocycles. The number of thiazole rings is 1. The van der Waals surface area contributed by atoms with Gasteiger partial charge in [-0.3, -0.25) is 0 Å². The van der Waals surface area contributed by atoms with E-state index in [0.29, 0.717) is 0 Å². The molecule has 0 spiro atoms. The first-order chi connectivity index (χ1) is 7.83. The van der Waals surface area contributed by atoms with Crippen molar-refractivity contribution in [2.24, 2.45) is 0 Å². The van der Waals surface area contributed by atoms with E-state index in [1.807, 2.05) is 17.6 Å². The molecular formula is C13H12N2S. The second kappa shape index (κ2) is 3.76. The van der Waals surface area contributed by atoms with Crippen LogP contribution in [-0.4, -0.2) is 4.98 Å². The van der Waals surface area contributed by atoms with Crippen LogP contribution in [0.2, 0.25) is 0 Å². The third-order valence-electron chi connectivity index (χ3n) is 2.89. The van der Waals surface area contributed by atoms with Gasteiger partial charge in [-0.25, -0.2) is 4.98 Å². The van der Waals surface area contributed by atoms with Gasteiger partial charge in [0.25, 0.3) is 0 Å². The van der Waals surface area contributed by atoms with Crippen molar-refractivity contribution in [3.05, 3.63) is 45.9 Å². The van der Waals surface area contributed by atoms with Crippen LogP contribution in [0.4, 0.5) is 5.69 Å². The van der Waals surface area contributed by atoms with Crippen LogP contribution in [0.3, 0.4) is 0 Å². The van der Waals surface area contributed by atoms with Crippen molar-refractivity contribution in [1.82, 2.24) is 4.98 Å². The molecule has 0 bridgehead atoms. The number of hydrogen-bond acceptors (Lipinski definition) is 3. The number of aryl methyl sites for hydroxylation is 1. The fourth-order valence-electron chi connectivity index (χ4n) is 2.14. The molecule has 16 heavy (non-hydrogen) atoms. The van der Waals surface area contributed by atoms with Crippen LogP contribution in [-0.2, 0) is 6.42 Å². The van der Waals surface area contributed by atoms with Crippen molar-refractivity contribution in [2.45, 2.75) is 12.8 Å². The number of nitrogens with two attached hydrogens (primary N) is 1. The molecule has 0 saturated carbocycles. The largest absolute Gasteiger partial charge is 0.399 e. The van der Waals surface area contributed by atoms with E-state index in [1.165, 1.54) is 16.7 Å². The van der Waals surface area contributed by atoms with Crippen molar-refractivity contribution >= 4 is 28.7 Å². The predicted octanol–water partition coefficient (Wildman–Crippen LogP) is 3.21. The summed E-state index contributed by atoms with van der Waals surface area (Å²) >= 11 is 1.68. The molecule has 0 unspecified atom stereocenters. The zero-order valence-electron chi connectivity index (χ0n) is 8.81. The molecule has 0 aliphatic heterocycles. The van der Waals surface area contributed by atoms with Gasteiger partial charge in [-0.1, -0.05) is 6.07 Å². The molecule has 1 aromatic carbocycles. The van der Waals surface area contributed by atoms with Crippen LogP contribution in [0.15, 0.2) is 29.8 Å². The Morgan fingerprint density at radius 1 is 1.31 bits per heavy atom. The third-order valence-corrected chi connectivity index (χ3v) is 3.61. The molecule has 0 saturated heterocycles. The second-order valence-corrected chi connectivity index (χ2v) is 4.88. The highest BCUT2D eigenvalue weighted by atomic mass is 32.1. The molecule has 3 rings (SSSR count). The molecular weight excluding hydrogens is 216 g/mol. The highest BCUT2D eigenvalue weighted by Crippen LogP contribution is 2.34. The van der Waals surface area contributed by atoms with Gasteiger partial charge in [0.1, 0.15) is 5.01 Å². The van der Waals surface area contributed by atoms with E-state index in [0.717, 1.165) is 23.5 Å². The molecule has 2 N–H and O–H groups in total. The van der Waals surface area contributed by atoms with E-state index in [2.05, 4.69) is 23.2 Å². The number of anilines is 1. The van der Waals surface area contributed by atoms with Crippen LogP contribution in [0.1, 0.15) is 22.6 Å². The van der Waals surface area contributed by atoms with Gasteiger partial charge in [0.2, 0.25) is 0 Å². The number of aromatic nitrogens is 1. The number of rotatable bonds is 1. The van der Waals surface area contributed by atoms with Crippen molar-refractivity contribution in [1.29, 1.82) is 0 Å². The lowest BCUT2D eigenvalue weighted by Gasteiger charge is -2.01. The molecule has 80 valence electrons. The first-order valence-corrected chi connectivity index (χ1v) is 6.20. The van der Waals surface area contributed by atoms with Crippen LogP contribution in [0, 0.1) is 0 Å². The maximum absolute atomic E-state index is 5.78. The van der Waals surface area contributed by atoms with E-state index in [1.54, 1.807) is 11.3 Å². The monoisotopic (exact) mass is 228 g/mol. The minimum atomic E-state index is 0.856. The van der Waals surface area contributed by atoms with Gasteiger partial charge in [0, 0.05) is 17.3 Å². The quantitative estimate of drug-likeness (QED) is 0.761. The van der Waals surface area contributed by atoms with Crippen LogP contribution >= 0.6 is 11.3 Å². The average Bonchev–Trinajstić information content (AvgIpc) is 2.89. The molecule has 2 nitrogen and oxygen atoms in total. The maximum atomic E-state index is 5.78. The third kappa shape index (κ3) is 1.63. The SMILES string of the molecule is Nc1ccc2c(c1)CCC2=Cc1nccs1. The summed E-state index contributed by atoms with van der Waals surface area (Å²) in [7, 11) is 0. The number of nitrogen functional groups attached to an aromatic ring is 1. The number of fused-ring (bicyclic) bond motifs is 1. The van der Waals surface area contributed by atoms with Gasteiger partial charge in [-0.2, -0.15) is 0 Å². The summed E-state index contributed by atoms with van der Waals surface area (Å²) in [4.78, 5) is 4.29. The van der Waals surface area contributed by atoms with Crippen molar-refractivity contribution < 1.29 is 0 Å². The number of allylic oxidation sites excluding steroid dienone is 1. The number of nitrogens with zero attached hydrogens (tertiary/aromatic N) is 1. The van der Waals surface area contributed by atoms with Gasteiger partial charge in [0.15, 0.2) is 0 Å². The molecule has 1 aliphatic rings. The molecule has 2 aromatic rings. The molecule has 0 amide bonds. The summed E-state index contributed by atoms with van der Waals surface area (Å²) in [6.07, 6.45) is 6.22. The fourth-order valence-corrected chi connectivity index (χ4v) is 2.74. The summed E-state index contributed by atoms with van der Waals surface area (Å²) in [6, 6.07) is 6.18. The molecule has 0 radical (unpaired) electrons. The van der Waals surface area contributed by atoms with Crippen molar-refractivity contribution in [3.8, 4) is 0 Å². The maximum Gasteiger partial charge on any atom is 0.116 e. The Kier molecular flexibility index (Phi) is 2.26. The van der Waals surface area contributed by atoms with Crippen LogP contribution in [0.5, 0.6) is 0 Å². The molecule has 0 atom stereocenters. The fraction of sp³-hybridized carbons (Fsp3) is 0.154. The highest BCUT2D eigenvalue weighted by molar-refractivity contribution is 7.10. The zero-order chi connectivity index (χ0) is 11.0. The molecule has 0 fully saturated rings. The summed E-state index contributed by atoms with van der Waals surface area (Å²) in [5.41, 5.74) is 10.7. The average molecular weight is 228 g/mol. The van der Waals surface area contributed by atoms with E-state index < -0.39 is 0 Å². The van der Waals surface area contributed by atoms with Gasteiger partial charge in [-0.05, 0) is 47.8 Å². The summed E-state index contributed by atoms with van der Waals surface area (Å²) in [6.45, 7) is 0. The van der Waals surface area contributed by atoms with Gasteiger partial charge < -0.3 is 5.73 Å². The molecule has 3 heteroatoms. The lowest BCUT2D eigenvalue weighted by Crippen LogP contribution is -1.87. The Hall–Kier alpha value is -1.61. The van der Waals surface area contributed by atoms with Gasteiger partial charge >= 0.3 is 0 Å². The topological polar surface area (TPSA) is 38.9 Å². The minimum Gasteiger partial charge on any atom is -0.399 e. The van der Waals surface area contributed by atoms with E-state index >= 15 is 0 Å². The van der Waals surface area contributed by atoms with Crippen molar-refractivity contribution in [3.63, 3.8) is 0 Å². The minimum absolute atomic E-state index is 0.856. The first-order valence-electron chi connectivity index (χ1n) is 5.32. The number of hydrogen-bond donors (Lipinski definition) is 1. The second-order valence-electron chi connectivity index (χ2n) is 3.96. The summed E-state index contributed by atoms with van der Waals surface area (Å²) in [5.74, 6) is 0. The lowest BCUT2D eigenvalue weighted by atomic mass is 10.1. The Morgan fingerprint density at radius 3 is 3.06 bits per heavy atom. The zero-order valence-corrected chi connectivity index (χ0v) is 9.63. The molecule has 1 aromatic heterocycles. The summed E-state index contributed by atoms with van der Waals surface area (Å²) in [5, 5.41) is 3.09. The normalized spacial score (nSPS) is 16.6. The Labute approximate surface area is 98.5 Å². The smallest absolute Gasteiger partial charge is 0.116 e. The van der Waals surface area contributed by atoms with Crippen LogP contribution < -0.4 is 5.73 Å². The van der Waals surface area contributed by atoms with Gasteiger partial charge in [-0.15, -0.1) is 11.3 Å². The van der Waals surface area contributed by atoms with Crippen LogP contribution in [0.25, 0.3) is 11.6 Å². The van der Waals surface area contributed by atoms with E-state index in [-0.39, 0.29) is 0 Å². The predicted molar refractivity (Wildman–Crippen MR) is 69.2 cm³/mol. The standard InChI is InChI=1S/C13H12N2S/c14-11-3-4-12-9(7-11)1-2-10(12)8-13-15-5-6-16-13/h3-8H,1-2,14H2. The Bertz CT molecular complexity index is 541. The summed E-state index contributed by atoms with van der Waals surface area (Å²) < 4.78 is 0. The van der Waals surface area contributed by atoms with E-state index in [4.69, 9.17) is 5.73 Å². The molecule has 1 aliphatic carbocycles. The van der Waals surface area contributed by atoms with E-state index in [9.17, 15) is 0 Å². The number of benzene rings is 1. The van der Waals surface area contributed by atoms with Crippen molar-refractivity contribution in [2.75, 3.05) is 5.73 Å². The highest BCUT2D eigenvalue weighted by Gasteiger charge is 2.16. The van der Waals surface area contributed by atoms with Gasteiger partial charge in [0.05, 0.1) is 0 Å².